The summed E-state index contributed by atoms with van der Waals surface area (Å²) in [6, 6.07) is -0.132. The number of aryl methyl sites for hydroxylation is 1. The van der Waals surface area contributed by atoms with Crippen LogP contribution in [0.1, 0.15) is 58.2 Å². The van der Waals surface area contributed by atoms with Gasteiger partial charge in [0.05, 0.1) is 5.69 Å². The second kappa shape index (κ2) is 8.68. The fraction of sp³-hybridized carbons (Fsp3) is 0.786. The van der Waals surface area contributed by atoms with Crippen LogP contribution in [-0.2, 0) is 11.2 Å². The molecule has 0 spiro atoms. The molecule has 1 amide bonds. The van der Waals surface area contributed by atoms with E-state index >= 15 is 0 Å². The lowest BCUT2D eigenvalue weighted by molar-refractivity contribution is -0.124. The number of rotatable bonds is 9. The predicted octanol–water partition coefficient (Wildman–Crippen LogP) is 1.43. The topological polar surface area (TPSA) is 85.8 Å². The van der Waals surface area contributed by atoms with E-state index in [4.69, 9.17) is 5.73 Å². The van der Waals surface area contributed by atoms with Crippen molar-refractivity contribution in [1.82, 2.24) is 20.3 Å². The number of aromatic nitrogens is 3. The van der Waals surface area contributed by atoms with E-state index in [1.54, 1.807) is 4.68 Å². The summed E-state index contributed by atoms with van der Waals surface area (Å²) < 4.78 is 1.63. The molecule has 1 aromatic heterocycles. The molecule has 0 aromatic carbocycles. The van der Waals surface area contributed by atoms with Crippen molar-refractivity contribution >= 4 is 5.91 Å². The Hall–Kier alpha value is -1.43. The highest BCUT2D eigenvalue weighted by Gasteiger charge is 2.18. The first-order chi connectivity index (χ1) is 9.58. The van der Waals surface area contributed by atoms with Crippen LogP contribution in [0.4, 0.5) is 0 Å². The number of carbonyl (C=O) groups is 1. The molecule has 1 aromatic rings. The zero-order valence-corrected chi connectivity index (χ0v) is 12.8. The average Bonchev–Trinajstić information content (AvgIpc) is 2.87. The number of unbranched alkanes of at least 4 members (excludes halogenated alkanes) is 1. The quantitative estimate of drug-likeness (QED) is 0.670. The van der Waals surface area contributed by atoms with Crippen LogP contribution < -0.4 is 11.1 Å². The van der Waals surface area contributed by atoms with Crippen LogP contribution in [-0.4, -0.2) is 33.5 Å². The molecule has 0 aliphatic rings. The Balaban J connectivity index is 2.50. The van der Waals surface area contributed by atoms with Gasteiger partial charge in [0, 0.05) is 12.2 Å². The molecule has 0 radical (unpaired) electrons. The number of carbonyl (C=O) groups excluding carboxylic acids is 1. The van der Waals surface area contributed by atoms with Crippen LogP contribution in [0.15, 0.2) is 6.20 Å². The molecule has 3 N–H and O–H groups in total. The summed E-state index contributed by atoms with van der Waals surface area (Å²) in [6.45, 7) is 6.67. The number of nitrogens with two attached hydrogens (primary N) is 1. The smallest absolute Gasteiger partial charge is 0.244 e. The molecular formula is C14H27N5O. The summed E-state index contributed by atoms with van der Waals surface area (Å²) in [6.07, 6.45) is 6.74. The minimum Gasteiger partial charge on any atom is -0.352 e. The van der Waals surface area contributed by atoms with Crippen LogP contribution in [0.25, 0.3) is 0 Å². The van der Waals surface area contributed by atoms with Gasteiger partial charge in [-0.3, -0.25) is 4.79 Å². The zero-order chi connectivity index (χ0) is 15.0. The molecule has 1 heterocycles. The summed E-state index contributed by atoms with van der Waals surface area (Å²) in [5.41, 5.74) is 6.38. The fourth-order valence-electron chi connectivity index (χ4n) is 2.06. The molecule has 114 valence electrons. The van der Waals surface area contributed by atoms with Gasteiger partial charge in [-0.15, -0.1) is 5.10 Å². The summed E-state index contributed by atoms with van der Waals surface area (Å²) in [5.74, 6) is -0.00985. The van der Waals surface area contributed by atoms with E-state index in [0.29, 0.717) is 6.54 Å². The van der Waals surface area contributed by atoms with Crippen molar-refractivity contribution in [3.8, 4) is 0 Å². The largest absolute Gasteiger partial charge is 0.352 e. The second-order valence-electron chi connectivity index (χ2n) is 5.31. The number of nitrogens with zero attached hydrogens (tertiary/aromatic N) is 3. The molecule has 1 rings (SSSR count). The van der Waals surface area contributed by atoms with Gasteiger partial charge in [-0.2, -0.15) is 0 Å². The van der Waals surface area contributed by atoms with Crippen LogP contribution in [0.2, 0.25) is 0 Å². The van der Waals surface area contributed by atoms with E-state index < -0.39 is 0 Å². The van der Waals surface area contributed by atoms with Gasteiger partial charge in [0.2, 0.25) is 5.91 Å². The van der Waals surface area contributed by atoms with Crippen molar-refractivity contribution in [2.45, 2.75) is 65.0 Å². The molecule has 0 aliphatic carbocycles. The highest BCUT2D eigenvalue weighted by molar-refractivity contribution is 5.79. The SMILES string of the molecule is CCCC(C)NC(=O)C(C)n1cc(CCCCN)nn1. The maximum absolute atomic E-state index is 12.1. The van der Waals surface area contributed by atoms with Crippen molar-refractivity contribution in [2.24, 2.45) is 5.73 Å². The molecule has 0 saturated heterocycles. The molecule has 0 bridgehead atoms. The van der Waals surface area contributed by atoms with E-state index in [9.17, 15) is 4.79 Å². The lowest BCUT2D eigenvalue weighted by Gasteiger charge is -2.16. The van der Waals surface area contributed by atoms with Crippen LogP contribution >= 0.6 is 0 Å². The van der Waals surface area contributed by atoms with Gasteiger partial charge in [0.1, 0.15) is 6.04 Å². The number of hydrogen-bond donors (Lipinski definition) is 2. The Bertz CT molecular complexity index is 404. The summed E-state index contributed by atoms with van der Waals surface area (Å²) >= 11 is 0. The highest BCUT2D eigenvalue weighted by atomic mass is 16.2. The first-order valence-electron chi connectivity index (χ1n) is 7.49. The first-order valence-corrected chi connectivity index (χ1v) is 7.49. The van der Waals surface area contributed by atoms with Crippen molar-refractivity contribution in [3.63, 3.8) is 0 Å². The normalized spacial score (nSPS) is 14.0. The standard InChI is InChI=1S/C14H27N5O/c1-4-7-11(2)16-14(20)12(3)19-10-13(17-18-19)8-5-6-9-15/h10-12H,4-9,15H2,1-3H3,(H,16,20). The van der Waals surface area contributed by atoms with Gasteiger partial charge in [-0.05, 0) is 46.1 Å². The van der Waals surface area contributed by atoms with Gasteiger partial charge >= 0.3 is 0 Å². The van der Waals surface area contributed by atoms with Crippen molar-refractivity contribution in [1.29, 1.82) is 0 Å². The Morgan fingerprint density at radius 1 is 1.45 bits per heavy atom. The first kappa shape index (κ1) is 16.6. The molecule has 2 atom stereocenters. The summed E-state index contributed by atoms with van der Waals surface area (Å²) in [7, 11) is 0. The second-order valence-corrected chi connectivity index (χ2v) is 5.31. The van der Waals surface area contributed by atoms with E-state index in [1.165, 1.54) is 0 Å². The van der Waals surface area contributed by atoms with Crippen LogP contribution in [0.5, 0.6) is 0 Å². The number of hydrogen-bond acceptors (Lipinski definition) is 4. The van der Waals surface area contributed by atoms with E-state index in [1.807, 2.05) is 20.0 Å². The number of nitrogens with one attached hydrogen (secondary N) is 1. The average molecular weight is 281 g/mol. The Morgan fingerprint density at radius 2 is 2.20 bits per heavy atom. The molecular weight excluding hydrogens is 254 g/mol. The Kier molecular flexibility index (Phi) is 7.22. The maximum Gasteiger partial charge on any atom is 0.244 e. The van der Waals surface area contributed by atoms with E-state index in [0.717, 1.165) is 37.8 Å². The molecule has 2 unspecified atom stereocenters. The Labute approximate surface area is 121 Å². The maximum atomic E-state index is 12.1. The van der Waals surface area contributed by atoms with Gasteiger partial charge in [0.25, 0.3) is 0 Å². The van der Waals surface area contributed by atoms with E-state index in [-0.39, 0.29) is 18.0 Å². The third kappa shape index (κ3) is 5.28. The lowest BCUT2D eigenvalue weighted by atomic mass is 10.2. The van der Waals surface area contributed by atoms with Gasteiger partial charge in [0.15, 0.2) is 0 Å². The van der Waals surface area contributed by atoms with Crippen molar-refractivity contribution in [3.05, 3.63) is 11.9 Å². The third-order valence-corrected chi connectivity index (χ3v) is 3.33. The number of amides is 1. The molecule has 6 nitrogen and oxygen atoms in total. The summed E-state index contributed by atoms with van der Waals surface area (Å²) in [4.78, 5) is 12.1. The molecule has 0 saturated carbocycles. The predicted molar refractivity (Wildman–Crippen MR) is 79.2 cm³/mol. The minimum absolute atomic E-state index is 0.00985. The van der Waals surface area contributed by atoms with E-state index in [2.05, 4.69) is 22.6 Å². The zero-order valence-electron chi connectivity index (χ0n) is 12.8. The third-order valence-electron chi connectivity index (χ3n) is 3.33. The summed E-state index contributed by atoms with van der Waals surface area (Å²) in [5, 5.41) is 11.1. The molecule has 20 heavy (non-hydrogen) atoms. The van der Waals surface area contributed by atoms with Crippen molar-refractivity contribution in [2.75, 3.05) is 6.54 Å². The molecule has 0 fully saturated rings. The Morgan fingerprint density at radius 3 is 2.85 bits per heavy atom. The fourth-order valence-corrected chi connectivity index (χ4v) is 2.06. The van der Waals surface area contributed by atoms with Crippen LogP contribution in [0, 0.1) is 0 Å². The van der Waals surface area contributed by atoms with Crippen LogP contribution in [0.3, 0.4) is 0 Å². The van der Waals surface area contributed by atoms with Crippen molar-refractivity contribution < 1.29 is 4.79 Å². The van der Waals surface area contributed by atoms with Gasteiger partial charge < -0.3 is 11.1 Å². The van der Waals surface area contributed by atoms with Gasteiger partial charge in [-0.25, -0.2) is 4.68 Å². The highest BCUT2D eigenvalue weighted by Crippen LogP contribution is 2.08. The molecule has 6 heteroatoms. The minimum atomic E-state index is -0.329. The van der Waals surface area contributed by atoms with Gasteiger partial charge in [-0.1, -0.05) is 18.6 Å². The lowest BCUT2D eigenvalue weighted by Crippen LogP contribution is -2.37. The molecule has 0 aliphatic heterocycles. The monoisotopic (exact) mass is 281 g/mol.